The van der Waals surface area contributed by atoms with E-state index in [2.05, 4.69) is 11.9 Å². The van der Waals surface area contributed by atoms with Crippen LogP contribution in [0, 0.1) is 13.8 Å². The lowest BCUT2D eigenvalue weighted by molar-refractivity contribution is 1.23. The molecule has 0 N–H and O–H groups in total. The average molecular weight is 260 g/mol. The number of aryl methyl sites for hydroxylation is 2. The highest BCUT2D eigenvalue weighted by atomic mass is 35.5. The molecular formula is C11H11Cl2NS. The molecule has 2 aromatic rings. The molecule has 0 saturated heterocycles. The third kappa shape index (κ3) is 2.51. The van der Waals surface area contributed by atoms with Gasteiger partial charge in [-0.25, -0.2) is 4.98 Å². The van der Waals surface area contributed by atoms with Crippen molar-refractivity contribution in [1.82, 2.24) is 4.98 Å². The Hall–Kier alpha value is -0.570. The molecule has 0 saturated carbocycles. The summed E-state index contributed by atoms with van der Waals surface area (Å²) in [5.41, 5.74) is 2.11. The number of halogens is 2. The van der Waals surface area contributed by atoms with E-state index in [0.717, 1.165) is 21.3 Å². The Morgan fingerprint density at radius 1 is 1.20 bits per heavy atom. The lowest BCUT2D eigenvalue weighted by atomic mass is 10.2. The quantitative estimate of drug-likeness (QED) is 0.735. The summed E-state index contributed by atoms with van der Waals surface area (Å²) >= 11 is 7.77. The molecule has 0 fully saturated rings. The van der Waals surface area contributed by atoms with Crippen molar-refractivity contribution in [3.63, 3.8) is 0 Å². The van der Waals surface area contributed by atoms with Crippen LogP contribution in [0.1, 0.15) is 10.6 Å². The summed E-state index contributed by atoms with van der Waals surface area (Å²) in [6, 6.07) is 7.80. The topological polar surface area (TPSA) is 12.9 Å². The van der Waals surface area contributed by atoms with Crippen molar-refractivity contribution in [3.8, 4) is 10.6 Å². The number of rotatable bonds is 1. The van der Waals surface area contributed by atoms with Gasteiger partial charge in [0.05, 0.1) is 10.7 Å². The Labute approximate surface area is 105 Å². The van der Waals surface area contributed by atoms with E-state index in [4.69, 9.17) is 11.6 Å². The van der Waals surface area contributed by atoms with Crippen LogP contribution in [0.4, 0.5) is 0 Å². The van der Waals surface area contributed by atoms with Crippen molar-refractivity contribution in [1.29, 1.82) is 0 Å². The first kappa shape index (κ1) is 12.5. The Balaban J connectivity index is 0.00000112. The van der Waals surface area contributed by atoms with Crippen molar-refractivity contribution >= 4 is 35.3 Å². The standard InChI is InChI=1S/C11H10ClNS.ClH/c1-7-8(2)14-11(13-7)9-5-3-4-6-10(9)12;/h3-6H,1-2H3;1H. The lowest BCUT2D eigenvalue weighted by Crippen LogP contribution is -1.78. The number of aromatic nitrogens is 1. The van der Waals surface area contributed by atoms with Crippen LogP contribution in [0.15, 0.2) is 24.3 Å². The highest BCUT2D eigenvalue weighted by Crippen LogP contribution is 2.31. The Morgan fingerprint density at radius 2 is 1.87 bits per heavy atom. The molecule has 0 radical (unpaired) electrons. The third-order valence-electron chi connectivity index (χ3n) is 2.13. The summed E-state index contributed by atoms with van der Waals surface area (Å²) in [5.74, 6) is 0. The second-order valence-corrected chi connectivity index (χ2v) is 4.75. The van der Waals surface area contributed by atoms with Crippen LogP contribution in [0.5, 0.6) is 0 Å². The Bertz CT molecular complexity index is 446. The second-order valence-electron chi connectivity index (χ2n) is 3.14. The maximum Gasteiger partial charge on any atom is 0.125 e. The molecule has 0 spiro atoms. The van der Waals surface area contributed by atoms with Gasteiger partial charge in [-0.2, -0.15) is 0 Å². The van der Waals surface area contributed by atoms with Crippen molar-refractivity contribution < 1.29 is 0 Å². The number of benzene rings is 1. The summed E-state index contributed by atoms with van der Waals surface area (Å²) < 4.78 is 0. The Kier molecular flexibility index (Phi) is 4.14. The molecule has 0 aliphatic carbocycles. The first-order chi connectivity index (χ1) is 6.68. The predicted octanol–water partition coefficient (Wildman–Crippen LogP) is 4.50. The van der Waals surface area contributed by atoms with Crippen LogP contribution >= 0.6 is 35.3 Å². The molecule has 15 heavy (non-hydrogen) atoms. The first-order valence-corrected chi connectivity index (χ1v) is 5.57. The van der Waals surface area contributed by atoms with Gasteiger partial charge in [-0.15, -0.1) is 23.7 Å². The van der Waals surface area contributed by atoms with Gasteiger partial charge in [0.15, 0.2) is 0 Å². The molecular weight excluding hydrogens is 249 g/mol. The van der Waals surface area contributed by atoms with E-state index in [9.17, 15) is 0 Å². The molecule has 0 bridgehead atoms. The van der Waals surface area contributed by atoms with Crippen LogP contribution in [0.3, 0.4) is 0 Å². The minimum atomic E-state index is 0. The van der Waals surface area contributed by atoms with Gasteiger partial charge in [-0.05, 0) is 19.9 Å². The van der Waals surface area contributed by atoms with E-state index in [0.29, 0.717) is 0 Å². The van der Waals surface area contributed by atoms with E-state index in [1.165, 1.54) is 4.88 Å². The summed E-state index contributed by atoms with van der Waals surface area (Å²) in [6.45, 7) is 4.10. The van der Waals surface area contributed by atoms with Gasteiger partial charge in [0, 0.05) is 10.4 Å². The van der Waals surface area contributed by atoms with E-state index >= 15 is 0 Å². The Morgan fingerprint density at radius 3 is 2.40 bits per heavy atom. The van der Waals surface area contributed by atoms with Crippen LogP contribution in [0.2, 0.25) is 5.02 Å². The van der Waals surface area contributed by atoms with Gasteiger partial charge in [-0.1, -0.05) is 29.8 Å². The molecule has 0 unspecified atom stereocenters. The number of nitrogens with zero attached hydrogens (tertiary/aromatic N) is 1. The molecule has 1 nitrogen and oxygen atoms in total. The molecule has 0 amide bonds. The molecule has 2 rings (SSSR count). The smallest absolute Gasteiger partial charge is 0.125 e. The van der Waals surface area contributed by atoms with Crippen molar-refractivity contribution in [2.24, 2.45) is 0 Å². The molecule has 0 aliphatic heterocycles. The molecule has 1 aromatic heterocycles. The van der Waals surface area contributed by atoms with Gasteiger partial charge in [0.2, 0.25) is 0 Å². The maximum atomic E-state index is 6.09. The minimum absolute atomic E-state index is 0. The number of thiazole rings is 1. The largest absolute Gasteiger partial charge is 0.241 e. The average Bonchev–Trinajstić information content (AvgIpc) is 2.48. The zero-order chi connectivity index (χ0) is 10.1. The van der Waals surface area contributed by atoms with E-state index in [1.54, 1.807) is 11.3 Å². The highest BCUT2D eigenvalue weighted by Gasteiger charge is 2.08. The van der Waals surface area contributed by atoms with Crippen LogP contribution in [0.25, 0.3) is 10.6 Å². The van der Waals surface area contributed by atoms with Gasteiger partial charge in [0.1, 0.15) is 5.01 Å². The van der Waals surface area contributed by atoms with Gasteiger partial charge < -0.3 is 0 Å². The van der Waals surface area contributed by atoms with Crippen molar-refractivity contribution in [3.05, 3.63) is 39.9 Å². The number of hydrogen-bond acceptors (Lipinski definition) is 2. The monoisotopic (exact) mass is 259 g/mol. The minimum Gasteiger partial charge on any atom is -0.241 e. The second kappa shape index (κ2) is 4.97. The van der Waals surface area contributed by atoms with Crippen LogP contribution in [-0.4, -0.2) is 4.98 Å². The molecule has 1 heterocycles. The fourth-order valence-corrected chi connectivity index (χ4v) is 2.46. The van der Waals surface area contributed by atoms with Gasteiger partial charge >= 0.3 is 0 Å². The van der Waals surface area contributed by atoms with Gasteiger partial charge in [-0.3, -0.25) is 0 Å². The summed E-state index contributed by atoms with van der Waals surface area (Å²) in [7, 11) is 0. The fourth-order valence-electron chi connectivity index (χ4n) is 1.22. The summed E-state index contributed by atoms with van der Waals surface area (Å²) in [4.78, 5) is 5.73. The SMILES string of the molecule is Cc1nc(-c2ccccc2Cl)sc1C.Cl. The summed E-state index contributed by atoms with van der Waals surface area (Å²) in [5, 5.41) is 1.77. The van der Waals surface area contributed by atoms with Gasteiger partial charge in [0.25, 0.3) is 0 Å². The number of hydrogen-bond donors (Lipinski definition) is 0. The maximum absolute atomic E-state index is 6.09. The highest BCUT2D eigenvalue weighted by molar-refractivity contribution is 7.15. The zero-order valence-electron chi connectivity index (χ0n) is 8.45. The van der Waals surface area contributed by atoms with Crippen LogP contribution in [-0.2, 0) is 0 Å². The van der Waals surface area contributed by atoms with Crippen molar-refractivity contribution in [2.45, 2.75) is 13.8 Å². The van der Waals surface area contributed by atoms with Crippen LogP contribution < -0.4 is 0 Å². The molecule has 1 aromatic carbocycles. The molecule has 4 heteroatoms. The van der Waals surface area contributed by atoms with E-state index in [-0.39, 0.29) is 12.4 Å². The molecule has 0 aliphatic rings. The zero-order valence-corrected chi connectivity index (χ0v) is 10.8. The van der Waals surface area contributed by atoms with E-state index in [1.807, 2.05) is 31.2 Å². The fraction of sp³-hybridized carbons (Fsp3) is 0.182. The predicted molar refractivity (Wildman–Crippen MR) is 69.3 cm³/mol. The molecule has 0 atom stereocenters. The lowest BCUT2D eigenvalue weighted by Gasteiger charge is -1.97. The van der Waals surface area contributed by atoms with Crippen molar-refractivity contribution in [2.75, 3.05) is 0 Å². The first-order valence-electron chi connectivity index (χ1n) is 4.37. The van der Waals surface area contributed by atoms with E-state index < -0.39 is 0 Å². The molecule has 80 valence electrons. The summed E-state index contributed by atoms with van der Waals surface area (Å²) in [6.07, 6.45) is 0. The normalized spacial score (nSPS) is 9.80. The third-order valence-corrected chi connectivity index (χ3v) is 3.57.